The van der Waals surface area contributed by atoms with Gasteiger partial charge < -0.3 is 15.5 Å². The summed E-state index contributed by atoms with van der Waals surface area (Å²) in [5.41, 5.74) is 0.0494. The van der Waals surface area contributed by atoms with Crippen molar-refractivity contribution in [2.75, 3.05) is 11.9 Å². The molecule has 1 aromatic heterocycles. The molecule has 0 aliphatic heterocycles. The molecule has 1 fully saturated rings. The average Bonchev–Trinajstić information content (AvgIpc) is 2.26. The molecule has 94 valence electrons. The van der Waals surface area contributed by atoms with Crippen LogP contribution in [0.3, 0.4) is 0 Å². The zero-order chi connectivity index (χ0) is 12.4. The Hall–Kier alpha value is -1.11. The summed E-state index contributed by atoms with van der Waals surface area (Å²) in [6.07, 6.45) is 2.49. The minimum absolute atomic E-state index is 0.0647. The highest BCUT2D eigenvalue weighted by molar-refractivity contribution is 6.32. The largest absolute Gasteiger partial charge is 0.394 e. The van der Waals surface area contributed by atoms with Gasteiger partial charge in [-0.2, -0.15) is 5.10 Å². The summed E-state index contributed by atoms with van der Waals surface area (Å²) in [4.78, 5) is 11.7. The summed E-state index contributed by atoms with van der Waals surface area (Å²) in [6, 6.07) is 0.136. The first-order chi connectivity index (χ1) is 8.11. The van der Waals surface area contributed by atoms with E-state index in [4.69, 9.17) is 21.8 Å². The molecule has 1 aliphatic carbocycles. The van der Waals surface area contributed by atoms with E-state index < -0.39 is 5.56 Å². The molecule has 17 heavy (non-hydrogen) atoms. The Labute approximate surface area is 103 Å². The first kappa shape index (κ1) is 12.3. The van der Waals surface area contributed by atoms with Gasteiger partial charge in [-0.25, -0.2) is 4.68 Å². The molecule has 0 atom stereocenters. The summed E-state index contributed by atoms with van der Waals surface area (Å²) in [7, 11) is 0. The van der Waals surface area contributed by atoms with Gasteiger partial charge in [0.05, 0.1) is 31.1 Å². The van der Waals surface area contributed by atoms with Gasteiger partial charge in [0, 0.05) is 6.04 Å². The van der Waals surface area contributed by atoms with Gasteiger partial charge in [0.2, 0.25) is 0 Å². The van der Waals surface area contributed by atoms with Gasteiger partial charge >= 0.3 is 0 Å². The summed E-state index contributed by atoms with van der Waals surface area (Å²) >= 11 is 5.92. The van der Waals surface area contributed by atoms with Gasteiger partial charge in [-0.3, -0.25) is 4.79 Å². The Balaban J connectivity index is 2.13. The molecule has 1 heterocycles. The number of nitrogens with one attached hydrogen (secondary N) is 1. The summed E-state index contributed by atoms with van der Waals surface area (Å²) < 4.78 is 1.11. The fourth-order valence-electron chi connectivity index (χ4n) is 1.75. The summed E-state index contributed by atoms with van der Waals surface area (Å²) in [5, 5.41) is 24.9. The normalized spacial score (nSPS) is 23.2. The number of aliphatic hydroxyl groups excluding tert-OH is 2. The smallest absolute Gasteiger partial charge is 0.287 e. The molecule has 0 amide bonds. The molecule has 7 heteroatoms. The zero-order valence-corrected chi connectivity index (χ0v) is 9.89. The van der Waals surface area contributed by atoms with E-state index in [1.54, 1.807) is 0 Å². The van der Waals surface area contributed by atoms with Crippen molar-refractivity contribution in [2.45, 2.75) is 31.5 Å². The fraction of sp³-hybridized carbons (Fsp3) is 0.600. The maximum absolute atomic E-state index is 11.7. The van der Waals surface area contributed by atoms with E-state index in [1.165, 1.54) is 6.20 Å². The second-order valence-corrected chi connectivity index (χ2v) is 4.47. The van der Waals surface area contributed by atoms with Crippen molar-refractivity contribution in [3.05, 3.63) is 21.6 Å². The Kier molecular flexibility index (Phi) is 3.66. The third-order valence-corrected chi connectivity index (χ3v) is 3.13. The van der Waals surface area contributed by atoms with Crippen LogP contribution < -0.4 is 10.9 Å². The number of halogens is 1. The Bertz CT molecular complexity index is 457. The van der Waals surface area contributed by atoms with E-state index in [-0.39, 0.29) is 30.3 Å². The van der Waals surface area contributed by atoms with Crippen LogP contribution in [0.15, 0.2) is 11.0 Å². The molecule has 2 rings (SSSR count). The highest BCUT2D eigenvalue weighted by atomic mass is 35.5. The molecule has 6 nitrogen and oxygen atoms in total. The Morgan fingerprint density at radius 3 is 2.88 bits per heavy atom. The van der Waals surface area contributed by atoms with Crippen molar-refractivity contribution in [3.8, 4) is 0 Å². The van der Waals surface area contributed by atoms with Crippen LogP contribution in [0.2, 0.25) is 5.02 Å². The lowest BCUT2D eigenvalue weighted by Crippen LogP contribution is -2.39. The van der Waals surface area contributed by atoms with E-state index in [1.807, 2.05) is 0 Å². The maximum Gasteiger partial charge on any atom is 0.287 e. The molecule has 1 aromatic rings. The van der Waals surface area contributed by atoms with E-state index in [2.05, 4.69) is 10.4 Å². The van der Waals surface area contributed by atoms with Crippen LogP contribution in [-0.2, 0) is 6.54 Å². The van der Waals surface area contributed by atoms with E-state index in [9.17, 15) is 4.79 Å². The third kappa shape index (κ3) is 2.59. The first-order valence-corrected chi connectivity index (χ1v) is 5.80. The Morgan fingerprint density at radius 1 is 1.59 bits per heavy atom. The molecule has 0 bridgehead atoms. The van der Waals surface area contributed by atoms with Crippen LogP contribution in [0, 0.1) is 0 Å². The second-order valence-electron chi connectivity index (χ2n) is 4.09. The standard InChI is InChI=1S/C10H14ClN3O3/c11-9-8(13-6-3-7(16)4-6)5-12-14(1-2-15)10(9)17/h5-7,13,15-16H,1-4H2. The highest BCUT2D eigenvalue weighted by Crippen LogP contribution is 2.25. The predicted molar refractivity (Wildman–Crippen MR) is 63.2 cm³/mol. The molecule has 3 N–H and O–H groups in total. The molecule has 0 unspecified atom stereocenters. The molecule has 0 spiro atoms. The van der Waals surface area contributed by atoms with Gasteiger partial charge in [0.15, 0.2) is 0 Å². The highest BCUT2D eigenvalue weighted by Gasteiger charge is 2.27. The lowest BCUT2D eigenvalue weighted by Gasteiger charge is -2.32. The SMILES string of the molecule is O=c1c(Cl)c(NC2CC(O)C2)cnn1CCO. The quantitative estimate of drug-likeness (QED) is 0.699. The zero-order valence-electron chi connectivity index (χ0n) is 9.14. The van der Waals surface area contributed by atoms with Crippen LogP contribution in [0.4, 0.5) is 5.69 Å². The van der Waals surface area contributed by atoms with Crippen molar-refractivity contribution in [1.29, 1.82) is 0 Å². The van der Waals surface area contributed by atoms with Gasteiger partial charge in [0.25, 0.3) is 5.56 Å². The number of aromatic nitrogens is 2. The lowest BCUT2D eigenvalue weighted by molar-refractivity contribution is 0.0836. The minimum Gasteiger partial charge on any atom is -0.394 e. The number of aliphatic hydroxyl groups is 2. The topological polar surface area (TPSA) is 87.4 Å². The molecule has 1 aliphatic rings. The number of nitrogens with zero attached hydrogens (tertiary/aromatic N) is 2. The minimum atomic E-state index is -0.425. The van der Waals surface area contributed by atoms with Gasteiger partial charge in [0.1, 0.15) is 5.02 Å². The Morgan fingerprint density at radius 2 is 2.29 bits per heavy atom. The van der Waals surface area contributed by atoms with Crippen molar-refractivity contribution in [2.24, 2.45) is 0 Å². The molecular weight excluding hydrogens is 246 g/mol. The van der Waals surface area contributed by atoms with Crippen LogP contribution in [0.25, 0.3) is 0 Å². The number of rotatable bonds is 4. The fourth-order valence-corrected chi connectivity index (χ4v) is 1.95. The van der Waals surface area contributed by atoms with Crippen LogP contribution >= 0.6 is 11.6 Å². The second kappa shape index (κ2) is 5.03. The van der Waals surface area contributed by atoms with Gasteiger partial charge in [-0.05, 0) is 12.8 Å². The monoisotopic (exact) mass is 259 g/mol. The molecular formula is C10H14ClN3O3. The van der Waals surface area contributed by atoms with Crippen molar-refractivity contribution in [3.63, 3.8) is 0 Å². The average molecular weight is 260 g/mol. The van der Waals surface area contributed by atoms with E-state index >= 15 is 0 Å². The van der Waals surface area contributed by atoms with E-state index in [0.29, 0.717) is 18.5 Å². The maximum atomic E-state index is 11.7. The summed E-state index contributed by atoms with van der Waals surface area (Å²) in [6.45, 7) is -0.0359. The molecule has 0 saturated heterocycles. The predicted octanol–water partition coefficient (Wildman–Crippen LogP) is -0.176. The number of hydrogen-bond acceptors (Lipinski definition) is 5. The number of anilines is 1. The molecule has 1 saturated carbocycles. The van der Waals surface area contributed by atoms with Crippen molar-refractivity contribution in [1.82, 2.24) is 9.78 Å². The van der Waals surface area contributed by atoms with Crippen LogP contribution in [-0.4, -0.2) is 38.7 Å². The summed E-state index contributed by atoms with van der Waals surface area (Å²) in [5.74, 6) is 0. The lowest BCUT2D eigenvalue weighted by atomic mass is 9.89. The van der Waals surface area contributed by atoms with Crippen molar-refractivity contribution >= 4 is 17.3 Å². The number of hydrogen-bond donors (Lipinski definition) is 3. The van der Waals surface area contributed by atoms with Gasteiger partial charge in [-0.1, -0.05) is 11.6 Å². The van der Waals surface area contributed by atoms with Crippen LogP contribution in [0.5, 0.6) is 0 Å². The molecule has 0 radical (unpaired) electrons. The molecule has 0 aromatic carbocycles. The van der Waals surface area contributed by atoms with Crippen LogP contribution in [0.1, 0.15) is 12.8 Å². The first-order valence-electron chi connectivity index (χ1n) is 5.43. The van der Waals surface area contributed by atoms with E-state index in [0.717, 1.165) is 4.68 Å². The third-order valence-electron chi connectivity index (χ3n) is 2.77. The van der Waals surface area contributed by atoms with Crippen molar-refractivity contribution < 1.29 is 10.2 Å². The van der Waals surface area contributed by atoms with Gasteiger partial charge in [-0.15, -0.1) is 0 Å².